The summed E-state index contributed by atoms with van der Waals surface area (Å²) in [5, 5.41) is 9.12. The van der Waals surface area contributed by atoms with E-state index >= 15 is 0 Å². The maximum Gasteiger partial charge on any atom is 0.573 e. The van der Waals surface area contributed by atoms with Gasteiger partial charge in [-0.05, 0) is 18.2 Å². The molecule has 0 atom stereocenters. The average Bonchev–Trinajstić information content (AvgIpc) is 2.06. The zero-order valence-corrected chi connectivity index (χ0v) is 7.01. The van der Waals surface area contributed by atoms with Crippen LogP contribution in [0, 0.1) is 0 Å². The Labute approximate surface area is 77.9 Å². The molecule has 0 fully saturated rings. The van der Waals surface area contributed by atoms with Crippen molar-refractivity contribution in [3.8, 4) is 11.5 Å². The third-order valence-electron chi connectivity index (χ3n) is 1.50. The molecule has 0 spiro atoms. The van der Waals surface area contributed by atoms with E-state index in [9.17, 15) is 13.2 Å². The van der Waals surface area contributed by atoms with E-state index in [1.54, 1.807) is 0 Å². The molecule has 0 radical (unpaired) electrons. The number of nitrogens with two attached hydrogens (primary N) is 1. The van der Waals surface area contributed by atoms with Crippen LogP contribution < -0.4 is 10.5 Å². The molecule has 78 valence electrons. The predicted molar refractivity (Wildman–Crippen MR) is 42.7 cm³/mol. The summed E-state index contributed by atoms with van der Waals surface area (Å²) in [7, 11) is 0. The fourth-order valence-corrected chi connectivity index (χ4v) is 0.922. The van der Waals surface area contributed by atoms with Gasteiger partial charge >= 0.3 is 6.36 Å². The van der Waals surface area contributed by atoms with Crippen LogP contribution in [-0.4, -0.2) is 11.5 Å². The lowest BCUT2D eigenvalue weighted by Gasteiger charge is -2.10. The molecule has 0 unspecified atom stereocenters. The van der Waals surface area contributed by atoms with Crippen LogP contribution in [0.3, 0.4) is 0 Å². The largest absolute Gasteiger partial charge is 0.573 e. The van der Waals surface area contributed by atoms with Crippen molar-refractivity contribution in [2.45, 2.75) is 12.9 Å². The van der Waals surface area contributed by atoms with Crippen molar-refractivity contribution in [1.82, 2.24) is 0 Å². The number of benzene rings is 1. The van der Waals surface area contributed by atoms with Crippen molar-refractivity contribution in [1.29, 1.82) is 0 Å². The number of rotatable bonds is 2. The number of halogens is 3. The van der Waals surface area contributed by atoms with E-state index in [0.29, 0.717) is 0 Å². The van der Waals surface area contributed by atoms with Gasteiger partial charge in [-0.2, -0.15) is 0 Å². The first-order chi connectivity index (χ1) is 6.42. The third-order valence-corrected chi connectivity index (χ3v) is 1.50. The van der Waals surface area contributed by atoms with Crippen LogP contribution in [0.25, 0.3) is 0 Å². The maximum atomic E-state index is 11.8. The topological polar surface area (TPSA) is 55.5 Å². The summed E-state index contributed by atoms with van der Waals surface area (Å²) in [5.41, 5.74) is 5.39. The van der Waals surface area contributed by atoms with Crippen molar-refractivity contribution in [3.63, 3.8) is 0 Å². The smallest absolute Gasteiger partial charge is 0.508 e. The van der Waals surface area contributed by atoms with Crippen LogP contribution in [-0.2, 0) is 6.54 Å². The third kappa shape index (κ3) is 2.81. The van der Waals surface area contributed by atoms with Gasteiger partial charge in [0.1, 0.15) is 11.5 Å². The summed E-state index contributed by atoms with van der Waals surface area (Å²) in [6, 6.07) is 3.16. The number of alkyl halides is 3. The number of hydrogen-bond donors (Lipinski definition) is 2. The number of phenols is 1. The fraction of sp³-hybridized carbons (Fsp3) is 0.250. The molecule has 14 heavy (non-hydrogen) atoms. The predicted octanol–water partition coefficient (Wildman–Crippen LogP) is 1.75. The van der Waals surface area contributed by atoms with Gasteiger partial charge in [-0.1, -0.05) is 0 Å². The first kappa shape index (κ1) is 10.6. The first-order valence-corrected chi connectivity index (χ1v) is 3.70. The van der Waals surface area contributed by atoms with Gasteiger partial charge in [0.2, 0.25) is 0 Å². The number of hydrogen-bond acceptors (Lipinski definition) is 3. The molecule has 0 heterocycles. The molecule has 1 aromatic rings. The van der Waals surface area contributed by atoms with Crippen LogP contribution in [0.4, 0.5) is 13.2 Å². The SMILES string of the molecule is NCc1cc(OC(F)(F)F)ccc1O. The Balaban J connectivity index is 2.90. The van der Waals surface area contributed by atoms with E-state index < -0.39 is 12.1 Å². The molecule has 0 bridgehead atoms. The van der Waals surface area contributed by atoms with Gasteiger partial charge in [0.05, 0.1) is 0 Å². The average molecular weight is 207 g/mol. The van der Waals surface area contributed by atoms with E-state index in [0.717, 1.165) is 18.2 Å². The second-order valence-corrected chi connectivity index (χ2v) is 2.54. The van der Waals surface area contributed by atoms with E-state index in [1.807, 2.05) is 0 Å². The molecule has 6 heteroatoms. The molecule has 0 aliphatic heterocycles. The standard InChI is InChI=1S/C8H8F3NO2/c9-8(10,11)14-6-1-2-7(13)5(3-6)4-12/h1-3,13H,4,12H2. The second kappa shape index (κ2) is 3.75. The minimum Gasteiger partial charge on any atom is -0.508 e. The Morgan fingerprint density at radius 3 is 2.50 bits per heavy atom. The summed E-state index contributed by atoms with van der Waals surface area (Å²) in [5.74, 6) is -0.544. The molecule has 3 nitrogen and oxygen atoms in total. The normalized spacial score (nSPS) is 11.4. The highest BCUT2D eigenvalue weighted by Gasteiger charge is 2.31. The van der Waals surface area contributed by atoms with Gasteiger partial charge in [-0.3, -0.25) is 0 Å². The zero-order chi connectivity index (χ0) is 10.8. The van der Waals surface area contributed by atoms with Crippen LogP contribution in [0.5, 0.6) is 11.5 Å². The van der Waals surface area contributed by atoms with Crippen molar-refractivity contribution in [2.75, 3.05) is 0 Å². The van der Waals surface area contributed by atoms with Crippen molar-refractivity contribution < 1.29 is 23.0 Å². The van der Waals surface area contributed by atoms with Gasteiger partial charge in [-0.15, -0.1) is 13.2 Å². The van der Waals surface area contributed by atoms with Crippen LogP contribution in [0.1, 0.15) is 5.56 Å². The van der Waals surface area contributed by atoms with Crippen molar-refractivity contribution >= 4 is 0 Å². The second-order valence-electron chi connectivity index (χ2n) is 2.54. The molecule has 0 amide bonds. The van der Waals surface area contributed by atoms with Crippen LogP contribution in [0.2, 0.25) is 0 Å². The lowest BCUT2D eigenvalue weighted by Crippen LogP contribution is -2.17. The summed E-state index contributed by atoms with van der Waals surface area (Å²) >= 11 is 0. The lowest BCUT2D eigenvalue weighted by atomic mass is 10.2. The van der Waals surface area contributed by atoms with Crippen LogP contribution in [0.15, 0.2) is 18.2 Å². The van der Waals surface area contributed by atoms with E-state index in [2.05, 4.69) is 4.74 Å². The quantitative estimate of drug-likeness (QED) is 0.776. The summed E-state index contributed by atoms with van der Waals surface area (Å²) in [6.45, 7) is -0.0547. The van der Waals surface area contributed by atoms with E-state index in [-0.39, 0.29) is 17.9 Å². The molecule has 1 aromatic carbocycles. The molecule has 0 aromatic heterocycles. The molecule has 0 aliphatic carbocycles. The molecule has 0 saturated heterocycles. The number of ether oxygens (including phenoxy) is 1. The first-order valence-electron chi connectivity index (χ1n) is 3.70. The Bertz CT molecular complexity index is 325. The van der Waals surface area contributed by atoms with Crippen LogP contribution >= 0.6 is 0 Å². The Hall–Kier alpha value is -1.43. The summed E-state index contributed by atoms with van der Waals surface area (Å²) in [4.78, 5) is 0. The Morgan fingerprint density at radius 2 is 2.00 bits per heavy atom. The lowest BCUT2D eigenvalue weighted by molar-refractivity contribution is -0.274. The van der Waals surface area contributed by atoms with Crippen molar-refractivity contribution in [3.05, 3.63) is 23.8 Å². The molecule has 3 N–H and O–H groups in total. The Morgan fingerprint density at radius 1 is 1.36 bits per heavy atom. The highest BCUT2D eigenvalue weighted by Crippen LogP contribution is 2.27. The highest BCUT2D eigenvalue weighted by molar-refractivity contribution is 5.39. The Kier molecular flexibility index (Phi) is 2.85. The highest BCUT2D eigenvalue weighted by atomic mass is 19.4. The monoisotopic (exact) mass is 207 g/mol. The fourth-order valence-electron chi connectivity index (χ4n) is 0.922. The van der Waals surface area contributed by atoms with Gasteiger partial charge in [-0.25, -0.2) is 0 Å². The molecule has 0 aliphatic rings. The molecule has 0 saturated carbocycles. The number of phenolic OH excluding ortho intramolecular Hbond substituents is 1. The summed E-state index contributed by atoms with van der Waals surface area (Å²) in [6.07, 6.45) is -4.73. The summed E-state index contributed by atoms with van der Waals surface area (Å²) < 4.78 is 38.9. The van der Waals surface area contributed by atoms with E-state index in [4.69, 9.17) is 10.8 Å². The maximum absolute atomic E-state index is 11.8. The van der Waals surface area contributed by atoms with Crippen molar-refractivity contribution in [2.24, 2.45) is 5.73 Å². The van der Waals surface area contributed by atoms with Gasteiger partial charge in [0, 0.05) is 12.1 Å². The molecular weight excluding hydrogens is 199 g/mol. The van der Waals surface area contributed by atoms with E-state index in [1.165, 1.54) is 0 Å². The zero-order valence-electron chi connectivity index (χ0n) is 7.01. The van der Waals surface area contributed by atoms with Gasteiger partial charge < -0.3 is 15.6 Å². The minimum atomic E-state index is -4.73. The number of aromatic hydroxyl groups is 1. The molecular formula is C8H8F3NO2. The minimum absolute atomic E-state index is 0.0547. The van der Waals surface area contributed by atoms with Gasteiger partial charge in [0.15, 0.2) is 0 Å². The van der Waals surface area contributed by atoms with Gasteiger partial charge in [0.25, 0.3) is 0 Å². The molecule has 1 rings (SSSR count).